The van der Waals surface area contributed by atoms with Crippen LogP contribution in [0.3, 0.4) is 0 Å². The topological polar surface area (TPSA) is 54.0 Å². The second-order valence-electron chi connectivity index (χ2n) is 4.34. The Morgan fingerprint density at radius 3 is 2.71 bits per heavy atom. The lowest BCUT2D eigenvalue weighted by Crippen LogP contribution is -2.44. The van der Waals surface area contributed by atoms with Crippen molar-refractivity contribution < 1.29 is 4.79 Å². The molecule has 0 saturated heterocycles. The van der Waals surface area contributed by atoms with Gasteiger partial charge < -0.3 is 10.6 Å². The van der Waals surface area contributed by atoms with Gasteiger partial charge in [0.1, 0.15) is 0 Å². The highest BCUT2D eigenvalue weighted by Gasteiger charge is 2.13. The van der Waals surface area contributed by atoms with Gasteiger partial charge in [0, 0.05) is 23.7 Å². The first kappa shape index (κ1) is 14.1. The molecule has 1 aromatic rings. The van der Waals surface area contributed by atoms with Crippen molar-refractivity contribution in [2.24, 2.45) is 0 Å². The van der Waals surface area contributed by atoms with Crippen LogP contribution in [0.4, 0.5) is 0 Å². The molecule has 17 heavy (non-hydrogen) atoms. The molecule has 1 atom stereocenters. The van der Waals surface area contributed by atoms with Crippen LogP contribution in [0.2, 0.25) is 0 Å². The van der Waals surface area contributed by atoms with Gasteiger partial charge in [0.05, 0.1) is 11.0 Å². The van der Waals surface area contributed by atoms with Crippen molar-refractivity contribution in [1.82, 2.24) is 15.6 Å². The number of nitrogens with zero attached hydrogens (tertiary/aromatic N) is 1. The van der Waals surface area contributed by atoms with Crippen LogP contribution in [-0.2, 0) is 17.8 Å². The molecule has 0 bridgehead atoms. The number of rotatable bonds is 6. The molecule has 1 rings (SSSR count). The number of carbonyl (C=O) groups is 1. The van der Waals surface area contributed by atoms with E-state index in [2.05, 4.69) is 22.5 Å². The third-order valence-electron chi connectivity index (χ3n) is 2.31. The summed E-state index contributed by atoms with van der Waals surface area (Å²) in [5.74, 6) is 0.0419. The van der Waals surface area contributed by atoms with E-state index in [1.54, 1.807) is 11.3 Å². The van der Waals surface area contributed by atoms with E-state index >= 15 is 0 Å². The normalized spacial score (nSPS) is 12.8. The fourth-order valence-corrected chi connectivity index (χ4v) is 2.16. The maximum atomic E-state index is 11.7. The van der Waals surface area contributed by atoms with E-state index in [1.807, 2.05) is 27.0 Å². The van der Waals surface area contributed by atoms with E-state index in [9.17, 15) is 4.79 Å². The van der Waals surface area contributed by atoms with Crippen molar-refractivity contribution in [1.29, 1.82) is 0 Å². The molecule has 0 radical (unpaired) electrons. The van der Waals surface area contributed by atoms with Gasteiger partial charge in [0.2, 0.25) is 5.91 Å². The third kappa shape index (κ3) is 4.83. The maximum Gasteiger partial charge on any atom is 0.237 e. The first-order chi connectivity index (χ1) is 8.02. The lowest BCUT2D eigenvalue weighted by molar-refractivity contribution is -0.123. The number of aryl methyl sites for hydroxylation is 1. The number of nitrogens with one attached hydrogen (secondary N) is 2. The molecule has 0 aromatic carbocycles. The SMILES string of the molecule is CCc1ncc(CNC(C)C(=O)NC(C)C)s1. The second-order valence-corrected chi connectivity index (χ2v) is 5.54. The van der Waals surface area contributed by atoms with Crippen molar-refractivity contribution in [3.8, 4) is 0 Å². The van der Waals surface area contributed by atoms with Crippen LogP contribution in [0.15, 0.2) is 6.20 Å². The Bertz CT molecular complexity index is 362. The van der Waals surface area contributed by atoms with Gasteiger partial charge in [-0.1, -0.05) is 6.92 Å². The van der Waals surface area contributed by atoms with Gasteiger partial charge in [-0.2, -0.15) is 0 Å². The molecule has 1 heterocycles. The van der Waals surface area contributed by atoms with E-state index in [-0.39, 0.29) is 18.0 Å². The fraction of sp³-hybridized carbons (Fsp3) is 0.667. The molecule has 1 aromatic heterocycles. The zero-order valence-corrected chi connectivity index (χ0v) is 11.7. The van der Waals surface area contributed by atoms with Crippen molar-refractivity contribution in [3.05, 3.63) is 16.1 Å². The molecular formula is C12H21N3OS. The van der Waals surface area contributed by atoms with Gasteiger partial charge in [0.15, 0.2) is 0 Å². The molecule has 1 unspecified atom stereocenters. The predicted octanol–water partition coefficient (Wildman–Crippen LogP) is 1.71. The molecule has 0 spiro atoms. The number of hydrogen-bond donors (Lipinski definition) is 2. The summed E-state index contributed by atoms with van der Waals surface area (Å²) in [5.41, 5.74) is 0. The van der Waals surface area contributed by atoms with E-state index in [1.165, 1.54) is 4.88 Å². The van der Waals surface area contributed by atoms with Crippen molar-refractivity contribution in [2.75, 3.05) is 0 Å². The smallest absolute Gasteiger partial charge is 0.237 e. The molecule has 0 aliphatic rings. The Morgan fingerprint density at radius 1 is 1.47 bits per heavy atom. The fourth-order valence-electron chi connectivity index (χ4n) is 1.35. The van der Waals surface area contributed by atoms with Crippen LogP contribution in [0.5, 0.6) is 0 Å². The molecule has 2 N–H and O–H groups in total. The van der Waals surface area contributed by atoms with E-state index in [4.69, 9.17) is 0 Å². The minimum Gasteiger partial charge on any atom is -0.353 e. The average Bonchev–Trinajstić information content (AvgIpc) is 2.72. The highest BCUT2D eigenvalue weighted by atomic mass is 32.1. The Morgan fingerprint density at radius 2 is 2.18 bits per heavy atom. The quantitative estimate of drug-likeness (QED) is 0.813. The summed E-state index contributed by atoms with van der Waals surface area (Å²) >= 11 is 1.70. The zero-order valence-electron chi connectivity index (χ0n) is 10.9. The molecule has 0 fully saturated rings. The minimum atomic E-state index is -0.176. The van der Waals surface area contributed by atoms with Crippen molar-refractivity contribution >= 4 is 17.2 Å². The van der Waals surface area contributed by atoms with E-state index < -0.39 is 0 Å². The Kier molecular flexibility index (Phi) is 5.58. The molecule has 1 amide bonds. The molecule has 5 heteroatoms. The minimum absolute atomic E-state index is 0.0419. The van der Waals surface area contributed by atoms with Crippen LogP contribution in [-0.4, -0.2) is 23.0 Å². The Labute approximate surface area is 107 Å². The van der Waals surface area contributed by atoms with Crippen LogP contribution >= 0.6 is 11.3 Å². The predicted molar refractivity (Wildman–Crippen MR) is 71.1 cm³/mol. The van der Waals surface area contributed by atoms with Gasteiger partial charge in [-0.25, -0.2) is 4.98 Å². The summed E-state index contributed by atoms with van der Waals surface area (Å²) in [7, 11) is 0. The lowest BCUT2D eigenvalue weighted by Gasteiger charge is -2.15. The maximum absolute atomic E-state index is 11.7. The number of carbonyl (C=O) groups excluding carboxylic acids is 1. The first-order valence-electron chi connectivity index (χ1n) is 6.00. The Hall–Kier alpha value is -0.940. The van der Waals surface area contributed by atoms with Crippen LogP contribution in [0.25, 0.3) is 0 Å². The molecular weight excluding hydrogens is 234 g/mol. The number of hydrogen-bond acceptors (Lipinski definition) is 4. The van der Waals surface area contributed by atoms with Crippen LogP contribution < -0.4 is 10.6 Å². The average molecular weight is 255 g/mol. The van der Waals surface area contributed by atoms with Gasteiger partial charge in [-0.3, -0.25) is 4.79 Å². The summed E-state index contributed by atoms with van der Waals surface area (Å²) in [6.45, 7) is 8.58. The monoisotopic (exact) mass is 255 g/mol. The second kappa shape index (κ2) is 6.71. The highest BCUT2D eigenvalue weighted by molar-refractivity contribution is 7.11. The van der Waals surface area contributed by atoms with E-state index in [0.29, 0.717) is 6.54 Å². The summed E-state index contributed by atoms with van der Waals surface area (Å²) in [5, 5.41) is 7.22. The third-order valence-corrected chi connectivity index (χ3v) is 3.45. The summed E-state index contributed by atoms with van der Waals surface area (Å²) in [4.78, 5) is 17.1. The number of thiazole rings is 1. The summed E-state index contributed by atoms with van der Waals surface area (Å²) in [6, 6.07) is 0.00595. The largest absolute Gasteiger partial charge is 0.353 e. The standard InChI is InChI=1S/C12H21N3OS/c1-5-11-14-7-10(17-11)6-13-9(4)12(16)15-8(2)3/h7-9,13H,5-6H2,1-4H3,(H,15,16). The summed E-state index contributed by atoms with van der Waals surface area (Å²) < 4.78 is 0. The first-order valence-corrected chi connectivity index (χ1v) is 6.82. The lowest BCUT2D eigenvalue weighted by atomic mass is 10.3. The van der Waals surface area contributed by atoms with E-state index in [0.717, 1.165) is 11.4 Å². The molecule has 0 aliphatic carbocycles. The molecule has 4 nitrogen and oxygen atoms in total. The van der Waals surface area contributed by atoms with Crippen molar-refractivity contribution in [2.45, 2.75) is 52.7 Å². The summed E-state index contributed by atoms with van der Waals surface area (Å²) in [6.07, 6.45) is 2.84. The van der Waals surface area contributed by atoms with Gasteiger partial charge in [-0.15, -0.1) is 11.3 Å². The number of amides is 1. The van der Waals surface area contributed by atoms with Gasteiger partial charge in [0.25, 0.3) is 0 Å². The molecule has 0 saturated carbocycles. The highest BCUT2D eigenvalue weighted by Crippen LogP contribution is 2.12. The van der Waals surface area contributed by atoms with Crippen LogP contribution in [0.1, 0.15) is 37.6 Å². The molecule has 96 valence electrons. The molecule has 0 aliphatic heterocycles. The number of aromatic nitrogens is 1. The van der Waals surface area contributed by atoms with Gasteiger partial charge in [-0.05, 0) is 27.2 Å². The Balaban J connectivity index is 2.37. The van der Waals surface area contributed by atoms with Crippen LogP contribution in [0, 0.1) is 0 Å². The van der Waals surface area contributed by atoms with Gasteiger partial charge >= 0.3 is 0 Å². The van der Waals surface area contributed by atoms with Crippen molar-refractivity contribution in [3.63, 3.8) is 0 Å². The zero-order chi connectivity index (χ0) is 12.8.